The SMILES string of the molecule is Cc1cccc(-n2c(C)c(C)c3c2ncn2nc(CO/N=C\c4ccccc4Cl)nc32)n1. The number of pyridine rings is 1. The molecule has 0 radical (unpaired) electrons. The first-order chi connectivity index (χ1) is 15.5. The van der Waals surface area contributed by atoms with Crippen molar-refractivity contribution in [3.05, 3.63) is 82.2 Å². The Hall–Kier alpha value is -3.78. The molecule has 32 heavy (non-hydrogen) atoms. The third kappa shape index (κ3) is 3.48. The van der Waals surface area contributed by atoms with E-state index in [-0.39, 0.29) is 6.61 Å². The van der Waals surface area contributed by atoms with E-state index in [2.05, 4.69) is 43.6 Å². The van der Waals surface area contributed by atoms with Crippen molar-refractivity contribution in [2.24, 2.45) is 5.16 Å². The van der Waals surface area contributed by atoms with Gasteiger partial charge in [0.25, 0.3) is 0 Å². The first kappa shape index (κ1) is 20.1. The molecule has 0 aliphatic rings. The molecule has 0 aliphatic carbocycles. The average Bonchev–Trinajstić information content (AvgIpc) is 3.30. The summed E-state index contributed by atoms with van der Waals surface area (Å²) in [6.07, 6.45) is 3.23. The number of oxime groups is 1. The first-order valence-corrected chi connectivity index (χ1v) is 10.5. The van der Waals surface area contributed by atoms with Crippen LogP contribution in [0.4, 0.5) is 0 Å². The molecule has 0 bridgehead atoms. The Kier molecular flexibility index (Phi) is 5.07. The molecular formula is C23H20ClN7O. The van der Waals surface area contributed by atoms with Gasteiger partial charge in [0.05, 0.1) is 11.6 Å². The van der Waals surface area contributed by atoms with Crippen LogP contribution in [0.1, 0.15) is 28.3 Å². The Morgan fingerprint density at radius 3 is 2.69 bits per heavy atom. The quantitative estimate of drug-likeness (QED) is 0.292. The van der Waals surface area contributed by atoms with Crippen molar-refractivity contribution in [3.8, 4) is 5.82 Å². The predicted octanol–water partition coefficient (Wildman–Crippen LogP) is 4.59. The van der Waals surface area contributed by atoms with E-state index < -0.39 is 0 Å². The van der Waals surface area contributed by atoms with Crippen molar-refractivity contribution < 1.29 is 4.84 Å². The zero-order valence-electron chi connectivity index (χ0n) is 17.8. The minimum absolute atomic E-state index is 0.127. The highest BCUT2D eigenvalue weighted by molar-refractivity contribution is 6.33. The lowest BCUT2D eigenvalue weighted by atomic mass is 10.2. The Labute approximate surface area is 189 Å². The van der Waals surface area contributed by atoms with Crippen LogP contribution in [0.15, 0.2) is 53.9 Å². The molecule has 5 rings (SSSR count). The summed E-state index contributed by atoms with van der Waals surface area (Å²) in [6.45, 7) is 6.22. The molecule has 0 unspecified atom stereocenters. The van der Waals surface area contributed by atoms with Crippen LogP contribution in [0.25, 0.3) is 22.5 Å². The summed E-state index contributed by atoms with van der Waals surface area (Å²) < 4.78 is 3.72. The standard InChI is InChI=1S/C23H20ClN7O/c1-14-7-6-10-20(27-14)31-16(3)15(2)21-22(31)25-13-30-23(21)28-19(29-30)12-32-26-11-17-8-4-5-9-18(17)24/h4-11,13H,12H2,1-3H3/b26-11-. The lowest BCUT2D eigenvalue weighted by molar-refractivity contribution is 0.126. The Balaban J connectivity index is 1.48. The second kappa shape index (κ2) is 8.05. The number of hydrogen-bond acceptors (Lipinski definition) is 6. The fraction of sp³-hybridized carbons (Fsp3) is 0.174. The Bertz CT molecular complexity index is 1490. The van der Waals surface area contributed by atoms with Crippen LogP contribution in [0, 0.1) is 20.8 Å². The number of rotatable bonds is 5. The number of aromatic nitrogens is 6. The summed E-state index contributed by atoms with van der Waals surface area (Å²) in [5.41, 5.74) is 5.38. The zero-order chi connectivity index (χ0) is 22.2. The maximum atomic E-state index is 6.12. The van der Waals surface area contributed by atoms with Gasteiger partial charge in [-0.2, -0.15) is 0 Å². The summed E-state index contributed by atoms with van der Waals surface area (Å²) in [5, 5.41) is 10.0. The normalized spacial score (nSPS) is 11.8. The maximum Gasteiger partial charge on any atom is 0.192 e. The first-order valence-electron chi connectivity index (χ1n) is 10.1. The molecule has 0 atom stereocenters. The molecule has 0 aliphatic heterocycles. The fourth-order valence-electron chi connectivity index (χ4n) is 3.67. The number of aryl methyl sites for hydroxylation is 2. The molecular weight excluding hydrogens is 426 g/mol. The van der Waals surface area contributed by atoms with E-state index in [1.54, 1.807) is 23.1 Å². The molecule has 8 nitrogen and oxygen atoms in total. The molecule has 4 heterocycles. The van der Waals surface area contributed by atoms with E-state index in [0.717, 1.165) is 45.0 Å². The van der Waals surface area contributed by atoms with E-state index in [1.165, 1.54) is 0 Å². The summed E-state index contributed by atoms with van der Waals surface area (Å²) in [5.74, 6) is 1.34. The van der Waals surface area contributed by atoms with Gasteiger partial charge in [-0.25, -0.2) is 19.5 Å². The summed E-state index contributed by atoms with van der Waals surface area (Å²) in [7, 11) is 0. The number of nitrogens with zero attached hydrogens (tertiary/aromatic N) is 7. The van der Waals surface area contributed by atoms with E-state index in [1.807, 2.05) is 43.3 Å². The van der Waals surface area contributed by atoms with Gasteiger partial charge in [0.2, 0.25) is 0 Å². The minimum Gasteiger partial charge on any atom is -0.387 e. The van der Waals surface area contributed by atoms with Gasteiger partial charge < -0.3 is 4.84 Å². The average molecular weight is 446 g/mol. The molecule has 0 N–H and O–H groups in total. The lowest BCUT2D eigenvalue weighted by Crippen LogP contribution is -2.02. The Morgan fingerprint density at radius 2 is 1.88 bits per heavy atom. The third-order valence-corrected chi connectivity index (χ3v) is 5.69. The molecule has 0 saturated heterocycles. The number of benzene rings is 1. The van der Waals surface area contributed by atoms with Crippen molar-refractivity contribution >= 4 is 34.5 Å². The smallest absolute Gasteiger partial charge is 0.192 e. The van der Waals surface area contributed by atoms with Crippen molar-refractivity contribution in [1.82, 2.24) is 29.1 Å². The topological polar surface area (TPSA) is 82.5 Å². The van der Waals surface area contributed by atoms with E-state index in [4.69, 9.17) is 16.4 Å². The van der Waals surface area contributed by atoms with Crippen LogP contribution in [0.3, 0.4) is 0 Å². The van der Waals surface area contributed by atoms with E-state index in [9.17, 15) is 0 Å². The Morgan fingerprint density at radius 1 is 1.03 bits per heavy atom. The van der Waals surface area contributed by atoms with Gasteiger partial charge in [-0.15, -0.1) is 5.10 Å². The molecule has 0 amide bonds. The second-order valence-corrected chi connectivity index (χ2v) is 7.86. The third-order valence-electron chi connectivity index (χ3n) is 5.34. The van der Waals surface area contributed by atoms with Crippen LogP contribution < -0.4 is 0 Å². The fourth-order valence-corrected chi connectivity index (χ4v) is 3.85. The molecule has 1 aromatic carbocycles. The molecule has 160 valence electrons. The lowest BCUT2D eigenvalue weighted by Gasteiger charge is -2.07. The summed E-state index contributed by atoms with van der Waals surface area (Å²) in [6, 6.07) is 13.4. The van der Waals surface area contributed by atoms with Gasteiger partial charge in [-0.3, -0.25) is 4.57 Å². The van der Waals surface area contributed by atoms with Crippen molar-refractivity contribution in [1.29, 1.82) is 0 Å². The van der Waals surface area contributed by atoms with E-state index >= 15 is 0 Å². The monoisotopic (exact) mass is 445 g/mol. The van der Waals surface area contributed by atoms with Crippen LogP contribution >= 0.6 is 11.6 Å². The molecule has 0 saturated carbocycles. The summed E-state index contributed by atoms with van der Waals surface area (Å²) in [4.78, 5) is 19.4. The largest absolute Gasteiger partial charge is 0.387 e. The molecule has 0 spiro atoms. The maximum absolute atomic E-state index is 6.12. The van der Waals surface area contributed by atoms with Gasteiger partial charge in [0.15, 0.2) is 23.7 Å². The van der Waals surface area contributed by atoms with Crippen LogP contribution in [-0.2, 0) is 11.4 Å². The molecule has 0 fully saturated rings. The highest BCUT2D eigenvalue weighted by Crippen LogP contribution is 2.29. The number of hydrogen-bond donors (Lipinski definition) is 0. The van der Waals surface area contributed by atoms with Crippen molar-refractivity contribution in [2.75, 3.05) is 0 Å². The highest BCUT2D eigenvalue weighted by atomic mass is 35.5. The zero-order valence-corrected chi connectivity index (χ0v) is 18.6. The molecule has 4 aromatic heterocycles. The van der Waals surface area contributed by atoms with Gasteiger partial charge >= 0.3 is 0 Å². The van der Waals surface area contributed by atoms with Crippen LogP contribution in [0.5, 0.6) is 0 Å². The second-order valence-electron chi connectivity index (χ2n) is 7.45. The van der Waals surface area contributed by atoms with Crippen LogP contribution in [-0.4, -0.2) is 35.3 Å². The van der Waals surface area contributed by atoms with Crippen LogP contribution in [0.2, 0.25) is 5.02 Å². The van der Waals surface area contributed by atoms with Gasteiger partial charge in [0.1, 0.15) is 12.1 Å². The molecule has 5 aromatic rings. The highest BCUT2D eigenvalue weighted by Gasteiger charge is 2.19. The van der Waals surface area contributed by atoms with E-state index in [0.29, 0.717) is 10.8 Å². The van der Waals surface area contributed by atoms with Gasteiger partial charge in [-0.05, 0) is 44.5 Å². The van der Waals surface area contributed by atoms with Gasteiger partial charge in [0, 0.05) is 22.0 Å². The van der Waals surface area contributed by atoms with Crippen molar-refractivity contribution in [2.45, 2.75) is 27.4 Å². The minimum atomic E-state index is 0.127. The number of fused-ring (bicyclic) bond motifs is 3. The van der Waals surface area contributed by atoms with Crippen molar-refractivity contribution in [3.63, 3.8) is 0 Å². The predicted molar refractivity (Wildman–Crippen MR) is 123 cm³/mol. The number of halogens is 1. The molecule has 9 heteroatoms. The summed E-state index contributed by atoms with van der Waals surface area (Å²) >= 11 is 6.12. The van der Waals surface area contributed by atoms with Gasteiger partial charge in [-0.1, -0.05) is 41.0 Å².